The van der Waals surface area contributed by atoms with Gasteiger partial charge in [-0.1, -0.05) is 6.92 Å². The molecule has 0 bridgehead atoms. The van der Waals surface area contributed by atoms with Crippen molar-refractivity contribution in [3.63, 3.8) is 0 Å². The number of ether oxygens (including phenoxy) is 1. The molecule has 0 aromatic heterocycles. The molecular weight excluding hydrogens is 288 g/mol. The second-order valence-electron chi connectivity index (χ2n) is 5.57. The Morgan fingerprint density at radius 1 is 1.43 bits per heavy atom. The molecule has 1 aromatic rings. The molecule has 1 heterocycles. The lowest BCUT2D eigenvalue weighted by atomic mass is 10.1. The fourth-order valence-electron chi connectivity index (χ4n) is 2.63. The van der Waals surface area contributed by atoms with E-state index in [0.29, 0.717) is 5.69 Å². The van der Waals surface area contributed by atoms with E-state index in [1.165, 1.54) is 6.26 Å². The molecule has 2 N–H and O–H groups in total. The van der Waals surface area contributed by atoms with Gasteiger partial charge < -0.3 is 15.4 Å². The van der Waals surface area contributed by atoms with Gasteiger partial charge in [0.1, 0.15) is 0 Å². The van der Waals surface area contributed by atoms with Gasteiger partial charge in [0, 0.05) is 26.0 Å². The Hall–Kier alpha value is -1.27. The first-order valence-corrected chi connectivity index (χ1v) is 9.27. The predicted octanol–water partition coefficient (Wildman–Crippen LogP) is 2.07. The molecule has 1 aromatic carbocycles. The van der Waals surface area contributed by atoms with Crippen molar-refractivity contribution in [3.05, 3.63) is 18.2 Å². The van der Waals surface area contributed by atoms with Gasteiger partial charge in [-0.15, -0.1) is 0 Å². The second-order valence-corrected chi connectivity index (χ2v) is 7.59. The Bertz CT molecular complexity index is 587. The molecule has 21 heavy (non-hydrogen) atoms. The summed E-state index contributed by atoms with van der Waals surface area (Å²) in [6.07, 6.45) is 4.56. The molecule has 1 aliphatic heterocycles. The van der Waals surface area contributed by atoms with Crippen LogP contribution < -0.4 is 10.6 Å². The lowest BCUT2D eigenvalue weighted by molar-refractivity contribution is 0.0441. The van der Waals surface area contributed by atoms with Crippen molar-refractivity contribution < 1.29 is 13.2 Å². The summed E-state index contributed by atoms with van der Waals surface area (Å²) < 4.78 is 28.9. The average molecular weight is 312 g/mol. The van der Waals surface area contributed by atoms with Crippen molar-refractivity contribution in [1.82, 2.24) is 0 Å². The topological polar surface area (TPSA) is 72.6 Å². The average Bonchev–Trinajstić information content (AvgIpc) is 2.44. The van der Waals surface area contributed by atoms with Crippen molar-refractivity contribution in [2.24, 2.45) is 0 Å². The molecule has 1 unspecified atom stereocenters. The van der Waals surface area contributed by atoms with E-state index in [0.717, 1.165) is 44.6 Å². The summed E-state index contributed by atoms with van der Waals surface area (Å²) in [5.41, 5.74) is 7.45. The van der Waals surface area contributed by atoms with Gasteiger partial charge in [-0.2, -0.15) is 0 Å². The molecule has 1 aliphatic rings. The summed E-state index contributed by atoms with van der Waals surface area (Å²) in [4.78, 5) is 2.45. The van der Waals surface area contributed by atoms with E-state index in [9.17, 15) is 8.42 Å². The van der Waals surface area contributed by atoms with Gasteiger partial charge in [0.05, 0.1) is 22.4 Å². The van der Waals surface area contributed by atoms with E-state index < -0.39 is 9.84 Å². The highest BCUT2D eigenvalue weighted by Crippen LogP contribution is 2.29. The maximum Gasteiger partial charge on any atom is 0.175 e. The number of hydrogen-bond acceptors (Lipinski definition) is 5. The van der Waals surface area contributed by atoms with Crippen LogP contribution in [0.3, 0.4) is 0 Å². The van der Waals surface area contributed by atoms with Crippen molar-refractivity contribution in [2.45, 2.75) is 37.2 Å². The van der Waals surface area contributed by atoms with Crippen LogP contribution in [-0.2, 0) is 14.6 Å². The Morgan fingerprint density at radius 2 is 2.19 bits per heavy atom. The molecule has 0 spiro atoms. The summed E-state index contributed by atoms with van der Waals surface area (Å²) in [5.74, 6) is 0. The lowest BCUT2D eigenvalue weighted by Gasteiger charge is -2.35. The molecule has 0 amide bonds. The first kappa shape index (κ1) is 16.1. The number of benzene rings is 1. The summed E-state index contributed by atoms with van der Waals surface area (Å²) in [5, 5.41) is 0. The monoisotopic (exact) mass is 312 g/mol. The van der Waals surface area contributed by atoms with Crippen LogP contribution in [0.2, 0.25) is 0 Å². The SMILES string of the molecule is CCCOC1CCCN(c2ccc(S(C)(=O)=O)cc2N)C1. The Balaban J connectivity index is 2.14. The first-order valence-electron chi connectivity index (χ1n) is 7.38. The third kappa shape index (κ3) is 4.11. The molecule has 1 atom stereocenters. The number of nitrogens with two attached hydrogens (primary N) is 1. The van der Waals surface area contributed by atoms with E-state index >= 15 is 0 Å². The quantitative estimate of drug-likeness (QED) is 0.843. The summed E-state index contributed by atoms with van der Waals surface area (Å²) in [6.45, 7) is 4.61. The molecule has 0 aliphatic carbocycles. The minimum absolute atomic E-state index is 0.229. The molecule has 5 nitrogen and oxygen atoms in total. The maximum absolute atomic E-state index is 11.6. The van der Waals surface area contributed by atoms with Crippen LogP contribution in [0.25, 0.3) is 0 Å². The van der Waals surface area contributed by atoms with Crippen molar-refractivity contribution in [3.8, 4) is 0 Å². The van der Waals surface area contributed by atoms with Gasteiger partial charge in [-0.05, 0) is 37.5 Å². The highest BCUT2D eigenvalue weighted by atomic mass is 32.2. The number of rotatable bonds is 5. The van der Waals surface area contributed by atoms with Crippen LogP contribution in [-0.4, -0.2) is 40.5 Å². The molecule has 1 saturated heterocycles. The minimum Gasteiger partial charge on any atom is -0.397 e. The van der Waals surface area contributed by atoms with Crippen LogP contribution in [0, 0.1) is 0 Å². The number of piperidine rings is 1. The Labute approximate surface area is 127 Å². The summed E-state index contributed by atoms with van der Waals surface area (Å²) in [6, 6.07) is 4.96. The lowest BCUT2D eigenvalue weighted by Crippen LogP contribution is -2.40. The van der Waals surface area contributed by atoms with Gasteiger partial charge in [0.25, 0.3) is 0 Å². The molecule has 0 radical (unpaired) electrons. The van der Waals surface area contributed by atoms with Gasteiger partial charge >= 0.3 is 0 Å². The zero-order valence-corrected chi connectivity index (χ0v) is 13.5. The first-order chi connectivity index (χ1) is 9.91. The molecule has 2 rings (SSSR count). The number of anilines is 2. The fourth-order valence-corrected chi connectivity index (χ4v) is 3.29. The molecule has 118 valence electrons. The van der Waals surface area contributed by atoms with E-state index in [-0.39, 0.29) is 11.0 Å². The van der Waals surface area contributed by atoms with E-state index in [4.69, 9.17) is 10.5 Å². The van der Waals surface area contributed by atoms with Crippen LogP contribution in [0.1, 0.15) is 26.2 Å². The zero-order valence-electron chi connectivity index (χ0n) is 12.7. The predicted molar refractivity (Wildman–Crippen MR) is 85.4 cm³/mol. The Morgan fingerprint density at radius 3 is 2.81 bits per heavy atom. The number of hydrogen-bond donors (Lipinski definition) is 1. The number of sulfone groups is 1. The third-order valence-electron chi connectivity index (χ3n) is 3.70. The van der Waals surface area contributed by atoms with Crippen LogP contribution in [0.4, 0.5) is 11.4 Å². The second kappa shape index (κ2) is 6.66. The third-order valence-corrected chi connectivity index (χ3v) is 4.81. The largest absolute Gasteiger partial charge is 0.397 e. The number of nitrogen functional groups attached to an aromatic ring is 1. The van der Waals surface area contributed by atoms with E-state index in [1.54, 1.807) is 18.2 Å². The van der Waals surface area contributed by atoms with Crippen LogP contribution in [0.15, 0.2) is 23.1 Å². The van der Waals surface area contributed by atoms with Gasteiger partial charge in [0.2, 0.25) is 0 Å². The van der Waals surface area contributed by atoms with E-state index in [1.807, 2.05) is 0 Å². The van der Waals surface area contributed by atoms with E-state index in [2.05, 4.69) is 11.8 Å². The van der Waals surface area contributed by atoms with Gasteiger partial charge in [-0.25, -0.2) is 8.42 Å². The summed E-state index contributed by atoms with van der Waals surface area (Å²) >= 11 is 0. The van der Waals surface area contributed by atoms with Gasteiger partial charge in [0.15, 0.2) is 9.84 Å². The van der Waals surface area contributed by atoms with Crippen molar-refractivity contribution >= 4 is 21.2 Å². The summed E-state index contributed by atoms with van der Waals surface area (Å²) in [7, 11) is -3.22. The van der Waals surface area contributed by atoms with Crippen molar-refractivity contribution in [2.75, 3.05) is 36.6 Å². The minimum atomic E-state index is -3.22. The number of nitrogens with zero attached hydrogens (tertiary/aromatic N) is 1. The van der Waals surface area contributed by atoms with Crippen molar-refractivity contribution in [1.29, 1.82) is 0 Å². The standard InChI is InChI=1S/C15H24N2O3S/c1-3-9-20-12-5-4-8-17(11-12)15-7-6-13(10-14(15)16)21(2,18)19/h6-7,10,12H,3-5,8-9,11,16H2,1-2H3. The molecule has 0 saturated carbocycles. The molecule has 6 heteroatoms. The highest BCUT2D eigenvalue weighted by Gasteiger charge is 2.22. The zero-order chi connectivity index (χ0) is 15.5. The highest BCUT2D eigenvalue weighted by molar-refractivity contribution is 7.90. The molecule has 1 fully saturated rings. The smallest absolute Gasteiger partial charge is 0.175 e. The van der Waals surface area contributed by atoms with Crippen LogP contribution >= 0.6 is 0 Å². The Kier molecular flexibility index (Phi) is 5.11. The van der Waals surface area contributed by atoms with Gasteiger partial charge in [-0.3, -0.25) is 0 Å². The van der Waals surface area contributed by atoms with Crippen LogP contribution in [0.5, 0.6) is 0 Å². The molecular formula is C15H24N2O3S. The normalized spacial score (nSPS) is 19.7. The fraction of sp³-hybridized carbons (Fsp3) is 0.600. The maximum atomic E-state index is 11.6.